The van der Waals surface area contributed by atoms with Crippen molar-refractivity contribution in [2.45, 2.75) is 26.3 Å². The smallest absolute Gasteiger partial charge is 0.392 e. The molecule has 0 aliphatic heterocycles. The molecule has 0 aliphatic rings. The molecule has 0 spiro atoms. The van der Waals surface area contributed by atoms with Crippen molar-refractivity contribution in [3.8, 4) is 34.0 Å². The van der Waals surface area contributed by atoms with Crippen LogP contribution in [0.25, 0.3) is 34.0 Å². The zero-order valence-corrected chi connectivity index (χ0v) is 17.3. The van der Waals surface area contributed by atoms with Crippen LogP contribution in [0.3, 0.4) is 0 Å². The summed E-state index contributed by atoms with van der Waals surface area (Å²) in [6.07, 6.45) is -4.84. The number of aryl methyl sites for hydroxylation is 1. The van der Waals surface area contributed by atoms with Gasteiger partial charge in [0.2, 0.25) is 5.82 Å². The van der Waals surface area contributed by atoms with Crippen LogP contribution in [-0.2, 0) is 19.4 Å². The molecule has 0 amide bonds. The van der Waals surface area contributed by atoms with Crippen molar-refractivity contribution >= 4 is 0 Å². The van der Waals surface area contributed by atoms with Crippen molar-refractivity contribution < 1.29 is 32.3 Å². The highest BCUT2D eigenvalue weighted by Gasteiger charge is 2.37. The first kappa shape index (κ1) is 22.6. The van der Waals surface area contributed by atoms with Gasteiger partial charge in [-0.3, -0.25) is 0 Å². The first-order valence-electron chi connectivity index (χ1n) is 9.87. The van der Waals surface area contributed by atoms with E-state index in [-0.39, 0.29) is 36.1 Å². The highest BCUT2D eigenvalue weighted by atomic mass is 19.4. The molecule has 1 heterocycles. The molecule has 33 heavy (non-hydrogen) atoms. The van der Waals surface area contributed by atoms with Crippen molar-refractivity contribution in [1.29, 1.82) is 0 Å². The van der Waals surface area contributed by atoms with E-state index in [0.29, 0.717) is 27.8 Å². The summed E-state index contributed by atoms with van der Waals surface area (Å²) in [4.78, 5) is 4.33. The van der Waals surface area contributed by atoms with Crippen molar-refractivity contribution in [2.24, 2.45) is 0 Å². The number of benzene rings is 3. The molecule has 0 atom stereocenters. The number of nitrogens with zero attached hydrogens (tertiary/aromatic N) is 2. The lowest BCUT2D eigenvalue weighted by Gasteiger charge is -2.15. The maximum atomic E-state index is 14.0. The number of aliphatic hydroxyl groups excluding tert-OH is 2. The Morgan fingerprint density at radius 1 is 0.879 bits per heavy atom. The van der Waals surface area contributed by atoms with Gasteiger partial charge >= 0.3 is 6.18 Å². The van der Waals surface area contributed by atoms with E-state index in [9.17, 15) is 27.8 Å². The monoisotopic (exact) mass is 458 g/mol. The maximum Gasteiger partial charge on any atom is 0.419 e. The molecule has 1 aromatic heterocycles. The lowest BCUT2D eigenvalue weighted by molar-refractivity contribution is -0.139. The van der Waals surface area contributed by atoms with E-state index in [1.807, 2.05) is 0 Å². The van der Waals surface area contributed by atoms with Crippen LogP contribution in [0, 0.1) is 12.7 Å². The molecule has 9 heteroatoms. The quantitative estimate of drug-likeness (QED) is 0.385. The largest absolute Gasteiger partial charge is 0.419 e. The molecule has 0 saturated carbocycles. The predicted octanol–water partition coefficient (Wildman–Crippen LogP) is 5.52. The van der Waals surface area contributed by atoms with Gasteiger partial charge in [-0.25, -0.2) is 4.39 Å². The van der Waals surface area contributed by atoms with Gasteiger partial charge in [0.05, 0.1) is 18.8 Å². The zero-order valence-electron chi connectivity index (χ0n) is 17.3. The Balaban J connectivity index is 1.70. The fraction of sp³-hybridized carbons (Fsp3) is 0.167. The molecule has 0 fully saturated rings. The Hall–Kier alpha value is -3.56. The van der Waals surface area contributed by atoms with Gasteiger partial charge < -0.3 is 14.7 Å². The van der Waals surface area contributed by atoms with E-state index in [0.717, 1.165) is 6.07 Å². The summed E-state index contributed by atoms with van der Waals surface area (Å²) < 4.78 is 59.6. The molecule has 3 aromatic carbocycles. The molecule has 4 aromatic rings. The second-order valence-electron chi connectivity index (χ2n) is 7.41. The second kappa shape index (κ2) is 8.76. The third-order valence-corrected chi connectivity index (χ3v) is 5.29. The van der Waals surface area contributed by atoms with Gasteiger partial charge in [-0.15, -0.1) is 0 Å². The van der Waals surface area contributed by atoms with Crippen LogP contribution in [0.15, 0.2) is 59.1 Å². The van der Waals surface area contributed by atoms with E-state index >= 15 is 0 Å². The molecule has 170 valence electrons. The Morgan fingerprint density at radius 3 is 2.27 bits per heavy atom. The lowest BCUT2D eigenvalue weighted by atomic mass is 9.94. The highest BCUT2D eigenvalue weighted by molar-refractivity contribution is 5.74. The third-order valence-electron chi connectivity index (χ3n) is 5.29. The average Bonchev–Trinajstić information content (AvgIpc) is 3.28. The minimum absolute atomic E-state index is 0.145. The fourth-order valence-electron chi connectivity index (χ4n) is 3.66. The summed E-state index contributed by atoms with van der Waals surface area (Å²) in [7, 11) is 0. The SMILES string of the molecule is Cc1cc(-c2nc(-c3ccc(CO)c(CO)c3)no2)ccc1-c1cccc(F)c1C(F)(F)F. The third kappa shape index (κ3) is 4.37. The number of hydrogen-bond donors (Lipinski definition) is 2. The molecular weight excluding hydrogens is 440 g/mol. The minimum atomic E-state index is -4.84. The summed E-state index contributed by atoms with van der Waals surface area (Å²) >= 11 is 0. The molecule has 5 nitrogen and oxygen atoms in total. The number of halogens is 4. The van der Waals surface area contributed by atoms with E-state index in [4.69, 9.17) is 4.52 Å². The van der Waals surface area contributed by atoms with Crippen LogP contribution in [-0.4, -0.2) is 20.4 Å². The van der Waals surface area contributed by atoms with Gasteiger partial charge in [-0.1, -0.05) is 35.5 Å². The van der Waals surface area contributed by atoms with Crippen molar-refractivity contribution in [1.82, 2.24) is 10.1 Å². The first-order valence-corrected chi connectivity index (χ1v) is 9.87. The van der Waals surface area contributed by atoms with Gasteiger partial charge in [0, 0.05) is 11.1 Å². The van der Waals surface area contributed by atoms with Crippen LogP contribution in [0.1, 0.15) is 22.3 Å². The minimum Gasteiger partial charge on any atom is -0.392 e. The van der Waals surface area contributed by atoms with Gasteiger partial charge in [-0.2, -0.15) is 18.2 Å². The fourth-order valence-corrected chi connectivity index (χ4v) is 3.66. The summed E-state index contributed by atoms with van der Waals surface area (Å²) in [6, 6.07) is 12.8. The van der Waals surface area contributed by atoms with Gasteiger partial charge in [0.25, 0.3) is 5.89 Å². The zero-order chi connectivity index (χ0) is 23.8. The van der Waals surface area contributed by atoms with Gasteiger partial charge in [0.1, 0.15) is 5.82 Å². The molecule has 0 bridgehead atoms. The first-order chi connectivity index (χ1) is 15.7. The molecule has 0 saturated heterocycles. The molecule has 0 unspecified atom stereocenters. The van der Waals surface area contributed by atoms with E-state index < -0.39 is 17.6 Å². The Bertz CT molecular complexity index is 1320. The van der Waals surface area contributed by atoms with E-state index in [2.05, 4.69) is 10.1 Å². The van der Waals surface area contributed by atoms with E-state index in [1.165, 1.54) is 24.3 Å². The summed E-state index contributed by atoms with van der Waals surface area (Å²) in [5, 5.41) is 22.7. The topological polar surface area (TPSA) is 79.4 Å². The normalized spacial score (nSPS) is 11.7. The summed E-state index contributed by atoms with van der Waals surface area (Å²) in [6.45, 7) is 1.12. The van der Waals surface area contributed by atoms with Crippen LogP contribution in [0.2, 0.25) is 0 Å². The average molecular weight is 458 g/mol. The van der Waals surface area contributed by atoms with Crippen LogP contribution < -0.4 is 0 Å². The summed E-state index contributed by atoms with van der Waals surface area (Å²) in [5.41, 5.74) is 1.29. The number of aliphatic hydroxyl groups is 2. The molecule has 0 radical (unpaired) electrons. The molecule has 4 rings (SSSR count). The van der Waals surface area contributed by atoms with Crippen LogP contribution >= 0.6 is 0 Å². The number of hydrogen-bond acceptors (Lipinski definition) is 5. The second-order valence-corrected chi connectivity index (χ2v) is 7.41. The van der Waals surface area contributed by atoms with Crippen molar-refractivity contribution in [2.75, 3.05) is 0 Å². The standard InChI is InChI=1S/C24H18F4N2O3/c1-13-9-15(7-8-18(13)19-3-2-4-20(25)21(19)24(26,27)28)23-29-22(30-33-23)14-5-6-16(11-31)17(10-14)12-32/h2-10,31-32H,11-12H2,1H3. The lowest BCUT2D eigenvalue weighted by Crippen LogP contribution is -2.10. The van der Waals surface area contributed by atoms with E-state index in [1.54, 1.807) is 31.2 Å². The van der Waals surface area contributed by atoms with Crippen LogP contribution in [0.4, 0.5) is 17.6 Å². The Kier molecular flexibility index (Phi) is 6.01. The van der Waals surface area contributed by atoms with Crippen molar-refractivity contribution in [3.63, 3.8) is 0 Å². The molecular formula is C24H18F4N2O3. The van der Waals surface area contributed by atoms with Crippen molar-refractivity contribution in [3.05, 3.63) is 82.7 Å². The van der Waals surface area contributed by atoms with Gasteiger partial charge in [0.15, 0.2) is 0 Å². The highest BCUT2D eigenvalue weighted by Crippen LogP contribution is 2.40. The molecule has 0 aliphatic carbocycles. The number of aromatic nitrogens is 2. The predicted molar refractivity (Wildman–Crippen MR) is 112 cm³/mol. The van der Waals surface area contributed by atoms with Gasteiger partial charge in [-0.05, 0) is 59.0 Å². The van der Waals surface area contributed by atoms with Crippen LogP contribution in [0.5, 0.6) is 0 Å². The number of alkyl halides is 3. The maximum absolute atomic E-state index is 14.0. The Labute approximate surface area is 185 Å². The Morgan fingerprint density at radius 2 is 1.61 bits per heavy atom. The number of rotatable bonds is 5. The summed E-state index contributed by atoms with van der Waals surface area (Å²) in [5.74, 6) is -0.943. The molecule has 2 N–H and O–H groups in total.